The van der Waals surface area contributed by atoms with Gasteiger partial charge in [0.1, 0.15) is 11.4 Å². The number of piperidine rings is 1. The molecule has 0 bridgehead atoms. The molecular weight excluding hydrogens is 344 g/mol. The summed E-state index contributed by atoms with van der Waals surface area (Å²) < 4.78 is 5.17. The van der Waals surface area contributed by atoms with Crippen LogP contribution in [0.5, 0.6) is 0 Å². The van der Waals surface area contributed by atoms with Gasteiger partial charge in [0.05, 0.1) is 6.26 Å². The molecule has 1 amide bonds. The molecule has 8 nitrogen and oxygen atoms in total. The average Bonchev–Trinajstić information content (AvgIpc) is 3.15. The van der Waals surface area contributed by atoms with E-state index in [0.717, 1.165) is 12.8 Å². The molecular formula is C16H18N4O4S. The van der Waals surface area contributed by atoms with E-state index in [2.05, 4.69) is 15.3 Å². The molecule has 0 spiro atoms. The normalized spacial score (nSPS) is 17.3. The molecule has 1 aliphatic rings. The molecule has 1 aliphatic heterocycles. The van der Waals surface area contributed by atoms with Gasteiger partial charge in [-0.2, -0.15) is 0 Å². The Labute approximate surface area is 148 Å². The highest BCUT2D eigenvalue weighted by molar-refractivity contribution is 7.98. The summed E-state index contributed by atoms with van der Waals surface area (Å²) in [4.78, 5) is 33.8. The van der Waals surface area contributed by atoms with Gasteiger partial charge in [-0.25, -0.2) is 14.8 Å². The number of amides is 1. The van der Waals surface area contributed by atoms with E-state index in [1.807, 2.05) is 6.26 Å². The molecule has 3 heterocycles. The zero-order valence-corrected chi connectivity index (χ0v) is 14.5. The number of aromatic nitrogens is 2. The molecule has 132 valence electrons. The molecule has 2 N–H and O–H groups in total. The number of anilines is 1. The van der Waals surface area contributed by atoms with Gasteiger partial charge in [-0.3, -0.25) is 4.79 Å². The van der Waals surface area contributed by atoms with E-state index in [0.29, 0.717) is 24.0 Å². The van der Waals surface area contributed by atoms with Crippen molar-refractivity contribution in [1.82, 2.24) is 14.9 Å². The number of furan rings is 1. The monoisotopic (exact) mass is 362 g/mol. The number of nitrogens with one attached hydrogen (secondary N) is 1. The Kier molecular flexibility index (Phi) is 5.22. The summed E-state index contributed by atoms with van der Waals surface area (Å²) in [5.74, 6) is -0.667. The van der Waals surface area contributed by atoms with Gasteiger partial charge in [-0.05, 0) is 31.2 Å². The lowest BCUT2D eigenvalue weighted by atomic mass is 10.0. The molecule has 3 rings (SSSR count). The summed E-state index contributed by atoms with van der Waals surface area (Å²) in [6.45, 7) is 1.10. The lowest BCUT2D eigenvalue weighted by Crippen LogP contribution is -2.45. The van der Waals surface area contributed by atoms with Gasteiger partial charge < -0.3 is 19.7 Å². The maximum absolute atomic E-state index is 12.4. The number of nitrogens with zero attached hydrogens (tertiary/aromatic N) is 3. The summed E-state index contributed by atoms with van der Waals surface area (Å²) in [6, 6.07) is 3.23. The van der Waals surface area contributed by atoms with Crippen LogP contribution in [0.3, 0.4) is 0 Å². The molecule has 1 unspecified atom stereocenters. The van der Waals surface area contributed by atoms with Gasteiger partial charge in [-0.1, -0.05) is 11.8 Å². The molecule has 0 aliphatic carbocycles. The van der Waals surface area contributed by atoms with Crippen LogP contribution in [0.2, 0.25) is 0 Å². The summed E-state index contributed by atoms with van der Waals surface area (Å²) in [6.07, 6.45) is 6.23. The number of carbonyl (C=O) groups is 2. The number of carboxylic acid groups (broad SMARTS) is 1. The van der Waals surface area contributed by atoms with Gasteiger partial charge in [-0.15, -0.1) is 0 Å². The topological polar surface area (TPSA) is 109 Å². The second-order valence-electron chi connectivity index (χ2n) is 5.64. The van der Waals surface area contributed by atoms with Crippen molar-refractivity contribution in [3.8, 4) is 0 Å². The number of aromatic carboxylic acids is 1. The highest BCUT2D eigenvalue weighted by Gasteiger charge is 2.27. The number of thioether (sulfide) groups is 1. The summed E-state index contributed by atoms with van der Waals surface area (Å²) in [5.41, 5.74) is 0.0206. The number of carboxylic acids is 1. The van der Waals surface area contributed by atoms with Crippen molar-refractivity contribution in [2.45, 2.75) is 24.0 Å². The van der Waals surface area contributed by atoms with Crippen molar-refractivity contribution in [2.75, 3.05) is 24.7 Å². The van der Waals surface area contributed by atoms with Gasteiger partial charge >= 0.3 is 5.97 Å². The lowest BCUT2D eigenvalue weighted by Gasteiger charge is -2.33. The quantitative estimate of drug-likeness (QED) is 0.615. The summed E-state index contributed by atoms with van der Waals surface area (Å²) in [5, 5.41) is 13.0. The van der Waals surface area contributed by atoms with Gasteiger partial charge in [0.25, 0.3) is 5.91 Å². The number of likely N-dealkylation sites (tertiary alicyclic amines) is 1. The van der Waals surface area contributed by atoms with Crippen molar-refractivity contribution in [3.63, 3.8) is 0 Å². The van der Waals surface area contributed by atoms with Crippen molar-refractivity contribution < 1.29 is 19.1 Å². The van der Waals surface area contributed by atoms with Crippen LogP contribution in [-0.2, 0) is 0 Å². The minimum atomic E-state index is -1.09. The first kappa shape index (κ1) is 17.3. The van der Waals surface area contributed by atoms with E-state index >= 15 is 0 Å². The molecule has 9 heteroatoms. The smallest absolute Gasteiger partial charge is 0.341 e. The molecule has 1 saturated heterocycles. The minimum Gasteiger partial charge on any atom is -0.477 e. The van der Waals surface area contributed by atoms with Crippen LogP contribution in [0.25, 0.3) is 0 Å². The summed E-state index contributed by atoms with van der Waals surface area (Å²) in [7, 11) is 0. The number of hydrogen-bond acceptors (Lipinski definition) is 7. The van der Waals surface area contributed by atoms with Gasteiger partial charge in [0, 0.05) is 25.3 Å². The molecule has 0 aromatic carbocycles. The van der Waals surface area contributed by atoms with Crippen molar-refractivity contribution in [3.05, 3.63) is 35.9 Å². The fraction of sp³-hybridized carbons (Fsp3) is 0.375. The lowest BCUT2D eigenvalue weighted by molar-refractivity contribution is 0.0675. The van der Waals surface area contributed by atoms with E-state index in [9.17, 15) is 14.7 Å². The largest absolute Gasteiger partial charge is 0.477 e. The van der Waals surface area contributed by atoms with Crippen LogP contribution in [0.4, 0.5) is 5.82 Å². The number of rotatable bonds is 5. The third-order valence-electron chi connectivity index (χ3n) is 3.96. The first-order valence-electron chi connectivity index (χ1n) is 7.82. The molecule has 25 heavy (non-hydrogen) atoms. The standard InChI is InChI=1S/C16H18N4O4S/c1-25-16-17-8-11(15(22)23)13(19-16)18-10-4-2-6-20(9-10)14(21)12-5-3-7-24-12/h3,5,7-8,10H,2,4,6,9H2,1H3,(H,22,23)(H,17,18,19). The predicted octanol–water partition coefficient (Wildman–Crippen LogP) is 2.21. The van der Waals surface area contributed by atoms with Crippen molar-refractivity contribution >= 4 is 29.5 Å². The van der Waals surface area contributed by atoms with Gasteiger partial charge in [0.2, 0.25) is 0 Å². The Morgan fingerprint density at radius 3 is 3.00 bits per heavy atom. The zero-order chi connectivity index (χ0) is 17.8. The molecule has 2 aromatic heterocycles. The maximum Gasteiger partial charge on any atom is 0.341 e. The number of carbonyl (C=O) groups excluding carboxylic acids is 1. The molecule has 0 radical (unpaired) electrons. The first-order valence-corrected chi connectivity index (χ1v) is 9.04. The van der Waals surface area contributed by atoms with Crippen LogP contribution in [0.1, 0.15) is 33.8 Å². The summed E-state index contributed by atoms with van der Waals surface area (Å²) >= 11 is 1.34. The van der Waals surface area contributed by atoms with E-state index in [-0.39, 0.29) is 23.3 Å². The Hall–Kier alpha value is -2.55. The third-order valence-corrected chi connectivity index (χ3v) is 4.52. The van der Waals surface area contributed by atoms with Crippen LogP contribution in [-0.4, -0.2) is 57.2 Å². The Morgan fingerprint density at radius 2 is 2.32 bits per heavy atom. The highest BCUT2D eigenvalue weighted by atomic mass is 32.2. The van der Waals surface area contributed by atoms with Crippen LogP contribution >= 0.6 is 11.8 Å². The molecule has 2 aromatic rings. The fourth-order valence-corrected chi connectivity index (χ4v) is 3.10. The number of hydrogen-bond donors (Lipinski definition) is 2. The van der Waals surface area contributed by atoms with E-state index in [1.165, 1.54) is 24.2 Å². The van der Waals surface area contributed by atoms with Crippen LogP contribution < -0.4 is 5.32 Å². The van der Waals surface area contributed by atoms with E-state index in [4.69, 9.17) is 4.42 Å². The highest BCUT2D eigenvalue weighted by Crippen LogP contribution is 2.21. The molecule has 0 saturated carbocycles. The third kappa shape index (κ3) is 3.93. The Balaban J connectivity index is 1.74. The van der Waals surface area contributed by atoms with Crippen molar-refractivity contribution in [2.24, 2.45) is 0 Å². The zero-order valence-electron chi connectivity index (χ0n) is 13.6. The van der Waals surface area contributed by atoms with Crippen LogP contribution in [0.15, 0.2) is 34.2 Å². The maximum atomic E-state index is 12.4. The fourth-order valence-electron chi connectivity index (χ4n) is 2.76. The van der Waals surface area contributed by atoms with Gasteiger partial charge in [0.15, 0.2) is 10.9 Å². The molecule has 1 fully saturated rings. The van der Waals surface area contributed by atoms with E-state index in [1.54, 1.807) is 17.0 Å². The average molecular weight is 362 g/mol. The second-order valence-corrected chi connectivity index (χ2v) is 6.41. The minimum absolute atomic E-state index is 0.0206. The van der Waals surface area contributed by atoms with Crippen molar-refractivity contribution in [1.29, 1.82) is 0 Å². The van der Waals surface area contributed by atoms with Crippen LogP contribution in [0, 0.1) is 0 Å². The first-order chi connectivity index (χ1) is 12.1. The Bertz CT molecular complexity index is 766. The second kappa shape index (κ2) is 7.56. The Morgan fingerprint density at radius 1 is 1.48 bits per heavy atom. The SMILES string of the molecule is CSc1ncc(C(=O)O)c(NC2CCCN(C(=O)c3ccco3)C2)n1. The molecule has 1 atom stereocenters. The predicted molar refractivity (Wildman–Crippen MR) is 92.0 cm³/mol. The van der Waals surface area contributed by atoms with E-state index < -0.39 is 5.97 Å².